The first-order valence-corrected chi connectivity index (χ1v) is 10.0. The molecule has 0 spiro atoms. The van der Waals surface area contributed by atoms with E-state index in [1.807, 2.05) is 25.4 Å². The molecule has 1 aliphatic rings. The highest BCUT2D eigenvalue weighted by atomic mass is 19.1. The maximum Gasteiger partial charge on any atom is 0.131 e. The zero-order chi connectivity index (χ0) is 21.4. The van der Waals surface area contributed by atoms with Crippen LogP contribution in [0.4, 0.5) is 10.2 Å². The summed E-state index contributed by atoms with van der Waals surface area (Å²) in [6.45, 7) is 3.53. The molecule has 0 saturated carbocycles. The summed E-state index contributed by atoms with van der Waals surface area (Å²) >= 11 is 0. The number of pyridine rings is 2. The number of aromatic nitrogens is 4. The van der Waals surface area contributed by atoms with Crippen molar-refractivity contribution in [2.24, 2.45) is 0 Å². The summed E-state index contributed by atoms with van der Waals surface area (Å²) in [6.07, 6.45) is 8.05. The molecule has 6 nitrogen and oxygen atoms in total. The Morgan fingerprint density at radius 1 is 1.03 bits per heavy atom. The molecule has 1 aromatic carbocycles. The topological polar surface area (TPSA) is 70.6 Å². The number of hydrogen-bond acceptors (Lipinski definition) is 5. The van der Waals surface area contributed by atoms with E-state index in [-0.39, 0.29) is 5.82 Å². The van der Waals surface area contributed by atoms with E-state index in [4.69, 9.17) is 10.2 Å². The maximum absolute atomic E-state index is 13.2. The van der Waals surface area contributed by atoms with E-state index in [2.05, 4.69) is 27.1 Å². The highest BCUT2D eigenvalue weighted by Gasteiger charge is 2.21. The summed E-state index contributed by atoms with van der Waals surface area (Å²) in [4.78, 5) is 11.4. The van der Waals surface area contributed by atoms with Crippen molar-refractivity contribution >= 4 is 5.82 Å². The lowest BCUT2D eigenvalue weighted by molar-refractivity contribution is 0.627. The Morgan fingerprint density at radius 2 is 1.87 bits per heavy atom. The van der Waals surface area contributed by atoms with E-state index in [0.717, 1.165) is 52.4 Å². The molecule has 0 atom stereocenters. The molecule has 0 unspecified atom stereocenters. The molecule has 0 amide bonds. The van der Waals surface area contributed by atoms with Crippen LogP contribution in [0.25, 0.3) is 16.8 Å². The Balaban J connectivity index is 1.42. The molecule has 0 saturated heterocycles. The Kier molecular flexibility index (Phi) is 4.68. The second kappa shape index (κ2) is 7.65. The highest BCUT2D eigenvalue weighted by molar-refractivity contribution is 5.63. The Bertz CT molecular complexity index is 1300. The van der Waals surface area contributed by atoms with Gasteiger partial charge in [-0.2, -0.15) is 10.4 Å². The molecule has 152 valence electrons. The number of hydrogen-bond donors (Lipinski definition) is 0. The van der Waals surface area contributed by atoms with Gasteiger partial charge in [-0.1, -0.05) is 0 Å². The number of anilines is 1. The molecular weight excluding hydrogens is 391 g/mol. The van der Waals surface area contributed by atoms with Gasteiger partial charge in [-0.05, 0) is 54.4 Å². The molecule has 0 aliphatic carbocycles. The SMILES string of the molecule is Cc1cc(C#N)cnc1N1CCc2ncc(-c3cnn(-c4ccc(F)cc4)c3)cc2C1. The molecule has 4 heterocycles. The van der Waals surface area contributed by atoms with Gasteiger partial charge in [-0.25, -0.2) is 14.1 Å². The predicted octanol–water partition coefficient (Wildman–Crippen LogP) is 4.21. The second-order valence-electron chi connectivity index (χ2n) is 7.63. The van der Waals surface area contributed by atoms with Crippen molar-refractivity contribution in [1.29, 1.82) is 5.26 Å². The summed E-state index contributed by atoms with van der Waals surface area (Å²) in [7, 11) is 0. The van der Waals surface area contributed by atoms with Crippen molar-refractivity contribution in [2.75, 3.05) is 11.4 Å². The average Bonchev–Trinajstić information content (AvgIpc) is 3.29. The molecule has 0 N–H and O–H groups in total. The third kappa shape index (κ3) is 3.64. The largest absolute Gasteiger partial charge is 0.352 e. The standard InChI is InChI=1S/C24H19FN6/c1-16-8-17(10-26)11-28-24(16)30-7-6-23-19(14-30)9-18(12-27-23)20-13-29-31(15-20)22-4-2-21(25)3-5-22/h2-5,8-9,11-13,15H,6-7,14H2,1H3. The summed E-state index contributed by atoms with van der Waals surface area (Å²) in [5.74, 6) is 0.630. The van der Waals surface area contributed by atoms with Crippen LogP contribution < -0.4 is 4.90 Å². The third-order valence-electron chi connectivity index (χ3n) is 5.53. The minimum Gasteiger partial charge on any atom is -0.352 e. The van der Waals surface area contributed by atoms with E-state index in [0.29, 0.717) is 12.1 Å². The van der Waals surface area contributed by atoms with Crippen LogP contribution in [-0.4, -0.2) is 26.3 Å². The van der Waals surface area contributed by atoms with E-state index in [1.54, 1.807) is 29.2 Å². The first-order chi connectivity index (χ1) is 15.1. The summed E-state index contributed by atoms with van der Waals surface area (Å²) in [5, 5.41) is 13.5. The molecule has 5 rings (SSSR count). The lowest BCUT2D eigenvalue weighted by Gasteiger charge is -2.30. The summed E-state index contributed by atoms with van der Waals surface area (Å²) in [6, 6.07) is 12.4. The summed E-state index contributed by atoms with van der Waals surface area (Å²) < 4.78 is 14.9. The van der Waals surface area contributed by atoms with Gasteiger partial charge < -0.3 is 4.90 Å². The zero-order valence-electron chi connectivity index (χ0n) is 17.0. The number of fused-ring (bicyclic) bond motifs is 1. The first-order valence-electron chi connectivity index (χ1n) is 10.0. The fourth-order valence-corrected chi connectivity index (χ4v) is 3.93. The fraction of sp³-hybridized carbons (Fsp3) is 0.167. The lowest BCUT2D eigenvalue weighted by atomic mass is 10.0. The molecule has 4 aromatic rings. The number of nitriles is 1. The van der Waals surface area contributed by atoms with Gasteiger partial charge in [0.2, 0.25) is 0 Å². The van der Waals surface area contributed by atoms with Gasteiger partial charge in [0.15, 0.2) is 0 Å². The van der Waals surface area contributed by atoms with E-state index in [9.17, 15) is 4.39 Å². The van der Waals surface area contributed by atoms with Crippen molar-refractivity contribution in [3.05, 3.63) is 89.4 Å². The van der Waals surface area contributed by atoms with Gasteiger partial charge in [-0.15, -0.1) is 0 Å². The normalized spacial score (nSPS) is 13.0. The van der Waals surface area contributed by atoms with E-state index < -0.39 is 0 Å². The van der Waals surface area contributed by atoms with Crippen LogP contribution >= 0.6 is 0 Å². The number of halogens is 1. The maximum atomic E-state index is 13.2. The molecule has 1 aliphatic heterocycles. The minimum absolute atomic E-state index is 0.272. The highest BCUT2D eigenvalue weighted by Crippen LogP contribution is 2.28. The molecular formula is C24H19FN6. The number of aryl methyl sites for hydroxylation is 1. The van der Waals surface area contributed by atoms with Crippen LogP contribution in [-0.2, 0) is 13.0 Å². The molecule has 0 radical (unpaired) electrons. The van der Waals surface area contributed by atoms with Crippen molar-refractivity contribution < 1.29 is 4.39 Å². The van der Waals surface area contributed by atoms with Crippen LogP contribution in [0.1, 0.15) is 22.4 Å². The van der Waals surface area contributed by atoms with Crippen molar-refractivity contribution in [1.82, 2.24) is 19.7 Å². The van der Waals surface area contributed by atoms with Gasteiger partial charge in [-0.3, -0.25) is 4.98 Å². The number of rotatable bonds is 3. The number of nitrogens with zero attached hydrogens (tertiary/aromatic N) is 6. The van der Waals surface area contributed by atoms with E-state index in [1.165, 1.54) is 12.1 Å². The molecule has 3 aromatic heterocycles. The van der Waals surface area contributed by atoms with Crippen LogP contribution in [0.15, 0.2) is 61.2 Å². The van der Waals surface area contributed by atoms with E-state index >= 15 is 0 Å². The van der Waals surface area contributed by atoms with Gasteiger partial charge in [0, 0.05) is 54.9 Å². The van der Waals surface area contributed by atoms with Gasteiger partial charge in [0.1, 0.15) is 17.7 Å². The van der Waals surface area contributed by atoms with Crippen LogP contribution in [0.3, 0.4) is 0 Å². The zero-order valence-corrected chi connectivity index (χ0v) is 17.0. The molecule has 7 heteroatoms. The smallest absolute Gasteiger partial charge is 0.131 e. The molecule has 0 bridgehead atoms. The van der Waals surface area contributed by atoms with Gasteiger partial charge in [0.25, 0.3) is 0 Å². The van der Waals surface area contributed by atoms with Crippen molar-refractivity contribution in [2.45, 2.75) is 19.9 Å². The summed E-state index contributed by atoms with van der Waals surface area (Å²) in [5.41, 5.74) is 6.55. The molecule has 31 heavy (non-hydrogen) atoms. The Labute approximate surface area is 179 Å². The third-order valence-corrected chi connectivity index (χ3v) is 5.53. The Hall–Kier alpha value is -4.05. The van der Waals surface area contributed by atoms with Gasteiger partial charge in [0.05, 0.1) is 17.4 Å². The first kappa shape index (κ1) is 18.9. The molecule has 0 fully saturated rings. The lowest BCUT2D eigenvalue weighted by Crippen LogP contribution is -2.32. The number of benzene rings is 1. The predicted molar refractivity (Wildman–Crippen MR) is 115 cm³/mol. The Morgan fingerprint density at radius 3 is 2.65 bits per heavy atom. The average molecular weight is 410 g/mol. The van der Waals surface area contributed by atoms with Gasteiger partial charge >= 0.3 is 0 Å². The van der Waals surface area contributed by atoms with Crippen LogP contribution in [0, 0.1) is 24.1 Å². The quantitative estimate of drug-likeness (QED) is 0.506. The van der Waals surface area contributed by atoms with Crippen molar-refractivity contribution in [3.63, 3.8) is 0 Å². The monoisotopic (exact) mass is 410 g/mol. The van der Waals surface area contributed by atoms with Crippen LogP contribution in [0.2, 0.25) is 0 Å². The van der Waals surface area contributed by atoms with Crippen LogP contribution in [0.5, 0.6) is 0 Å². The minimum atomic E-state index is -0.272. The van der Waals surface area contributed by atoms with Crippen molar-refractivity contribution in [3.8, 4) is 22.9 Å². The fourth-order valence-electron chi connectivity index (χ4n) is 3.93. The second-order valence-corrected chi connectivity index (χ2v) is 7.63.